The van der Waals surface area contributed by atoms with Gasteiger partial charge in [-0.25, -0.2) is 13.1 Å². The first kappa shape index (κ1) is 22.7. The van der Waals surface area contributed by atoms with Crippen LogP contribution in [0.2, 0.25) is 0 Å². The Labute approximate surface area is 182 Å². The van der Waals surface area contributed by atoms with Crippen molar-refractivity contribution in [3.63, 3.8) is 0 Å². The molecule has 3 aromatic rings. The number of sulfonamides is 1. The molecule has 0 unspecified atom stereocenters. The quantitative estimate of drug-likeness (QED) is 0.514. The van der Waals surface area contributed by atoms with Crippen LogP contribution in [0.4, 0.5) is 5.69 Å². The Morgan fingerprint density at radius 3 is 2.45 bits per heavy atom. The first-order chi connectivity index (χ1) is 14.9. The van der Waals surface area contributed by atoms with Gasteiger partial charge in [0.05, 0.1) is 23.6 Å². The van der Waals surface area contributed by atoms with Crippen LogP contribution in [0.3, 0.4) is 0 Å². The molecule has 3 rings (SSSR count). The molecule has 10 heteroatoms. The van der Waals surface area contributed by atoms with Crippen molar-refractivity contribution in [1.29, 1.82) is 0 Å². The molecule has 31 heavy (non-hydrogen) atoms. The van der Waals surface area contributed by atoms with Crippen molar-refractivity contribution in [2.24, 2.45) is 0 Å². The van der Waals surface area contributed by atoms with E-state index < -0.39 is 10.0 Å². The van der Waals surface area contributed by atoms with E-state index in [-0.39, 0.29) is 17.2 Å². The third-order valence-corrected chi connectivity index (χ3v) is 6.87. The molecule has 0 radical (unpaired) electrons. The number of carbonyl (C=O) groups is 1. The van der Waals surface area contributed by atoms with Crippen LogP contribution in [-0.4, -0.2) is 53.3 Å². The minimum atomic E-state index is -3.57. The number of carbonyl (C=O) groups excluding carboxylic acids is 1. The topological polar surface area (TPSA) is 106 Å². The van der Waals surface area contributed by atoms with Gasteiger partial charge >= 0.3 is 0 Å². The Morgan fingerprint density at radius 2 is 1.81 bits per heavy atom. The standard InChI is InChI=1S/C21H27N5O4S/c1-4-25(5-2)31(28,29)18-11-12-20-19(15-18)23-24-26(20)14-13-21(27)22-16-7-9-17(10-8-16)30-6-3/h7-12,15H,4-6,13-14H2,1-3H3,(H,22,27). The normalized spacial score (nSPS) is 11.7. The fraction of sp³-hybridized carbons (Fsp3) is 0.381. The number of ether oxygens (including phenoxy) is 1. The minimum Gasteiger partial charge on any atom is -0.494 e. The number of aromatic nitrogens is 3. The maximum absolute atomic E-state index is 12.7. The molecule has 0 saturated carbocycles. The summed E-state index contributed by atoms with van der Waals surface area (Å²) in [5.41, 5.74) is 1.83. The maximum atomic E-state index is 12.7. The van der Waals surface area contributed by atoms with Gasteiger partial charge in [0.25, 0.3) is 0 Å². The summed E-state index contributed by atoms with van der Waals surface area (Å²) in [5.74, 6) is 0.588. The van der Waals surface area contributed by atoms with Crippen molar-refractivity contribution in [1.82, 2.24) is 19.3 Å². The maximum Gasteiger partial charge on any atom is 0.243 e. The van der Waals surface area contributed by atoms with E-state index >= 15 is 0 Å². The molecule has 1 N–H and O–H groups in total. The van der Waals surface area contributed by atoms with Gasteiger partial charge in [0.1, 0.15) is 11.3 Å². The number of aryl methyl sites for hydroxylation is 1. The zero-order valence-corrected chi connectivity index (χ0v) is 18.7. The third-order valence-electron chi connectivity index (χ3n) is 4.83. The lowest BCUT2D eigenvalue weighted by molar-refractivity contribution is -0.116. The molecule has 0 aliphatic carbocycles. The summed E-state index contributed by atoms with van der Waals surface area (Å²) >= 11 is 0. The highest BCUT2D eigenvalue weighted by molar-refractivity contribution is 7.89. The summed E-state index contributed by atoms with van der Waals surface area (Å²) in [6, 6.07) is 11.9. The summed E-state index contributed by atoms with van der Waals surface area (Å²) in [6.45, 7) is 7.21. The molecular weight excluding hydrogens is 418 g/mol. The number of rotatable bonds is 10. The molecule has 0 atom stereocenters. The van der Waals surface area contributed by atoms with Crippen molar-refractivity contribution in [3.8, 4) is 5.75 Å². The smallest absolute Gasteiger partial charge is 0.243 e. The van der Waals surface area contributed by atoms with Crippen LogP contribution >= 0.6 is 0 Å². The van der Waals surface area contributed by atoms with E-state index in [4.69, 9.17) is 4.74 Å². The lowest BCUT2D eigenvalue weighted by Crippen LogP contribution is -2.30. The molecule has 9 nitrogen and oxygen atoms in total. The Hall–Kier alpha value is -2.98. The van der Waals surface area contributed by atoms with E-state index in [2.05, 4.69) is 15.6 Å². The molecule has 1 aromatic heterocycles. The number of nitrogens with one attached hydrogen (secondary N) is 1. The summed E-state index contributed by atoms with van der Waals surface area (Å²) in [4.78, 5) is 12.5. The Balaban J connectivity index is 1.66. The molecular formula is C21H27N5O4S. The van der Waals surface area contributed by atoms with Crippen molar-refractivity contribution >= 4 is 32.7 Å². The van der Waals surface area contributed by atoms with Crippen molar-refractivity contribution in [3.05, 3.63) is 42.5 Å². The molecule has 1 heterocycles. The Morgan fingerprint density at radius 1 is 1.10 bits per heavy atom. The number of nitrogens with zero attached hydrogens (tertiary/aromatic N) is 4. The molecule has 166 valence electrons. The monoisotopic (exact) mass is 445 g/mol. The number of amides is 1. The van der Waals surface area contributed by atoms with Gasteiger partial charge < -0.3 is 10.1 Å². The largest absolute Gasteiger partial charge is 0.494 e. The number of anilines is 1. The average Bonchev–Trinajstić information content (AvgIpc) is 3.17. The van der Waals surface area contributed by atoms with E-state index in [1.54, 1.807) is 54.9 Å². The zero-order valence-electron chi connectivity index (χ0n) is 17.9. The van der Waals surface area contributed by atoms with Gasteiger partial charge in [0.2, 0.25) is 15.9 Å². The van der Waals surface area contributed by atoms with Gasteiger partial charge in [-0.05, 0) is 49.4 Å². The van der Waals surface area contributed by atoms with Crippen molar-refractivity contribution in [2.45, 2.75) is 38.6 Å². The van der Waals surface area contributed by atoms with Gasteiger partial charge in [0.15, 0.2) is 0 Å². The second-order valence-corrected chi connectivity index (χ2v) is 8.75. The third kappa shape index (κ3) is 5.20. The Kier molecular flexibility index (Phi) is 7.24. The van der Waals surface area contributed by atoms with E-state index in [1.165, 1.54) is 10.4 Å². The van der Waals surface area contributed by atoms with Crippen LogP contribution in [0.15, 0.2) is 47.4 Å². The SMILES string of the molecule is CCOc1ccc(NC(=O)CCn2nnc3cc(S(=O)(=O)N(CC)CC)ccc32)cc1. The van der Waals surface area contributed by atoms with E-state index in [1.807, 2.05) is 6.92 Å². The second-order valence-electron chi connectivity index (χ2n) is 6.81. The van der Waals surface area contributed by atoms with Gasteiger partial charge in [0, 0.05) is 25.2 Å². The fourth-order valence-electron chi connectivity index (χ4n) is 3.22. The highest BCUT2D eigenvalue weighted by atomic mass is 32.2. The summed E-state index contributed by atoms with van der Waals surface area (Å²) < 4.78 is 33.8. The van der Waals surface area contributed by atoms with Crippen molar-refractivity contribution < 1.29 is 17.9 Å². The lowest BCUT2D eigenvalue weighted by Gasteiger charge is -2.18. The van der Waals surface area contributed by atoms with Crippen LogP contribution in [0.1, 0.15) is 27.2 Å². The molecule has 0 bridgehead atoms. The summed E-state index contributed by atoms with van der Waals surface area (Å²) in [6.07, 6.45) is 0.200. The van der Waals surface area contributed by atoms with Crippen LogP contribution in [0, 0.1) is 0 Å². The lowest BCUT2D eigenvalue weighted by atomic mass is 10.3. The molecule has 0 spiro atoms. The van der Waals surface area contributed by atoms with Gasteiger partial charge in [-0.15, -0.1) is 5.10 Å². The molecule has 1 amide bonds. The zero-order chi connectivity index (χ0) is 22.4. The predicted molar refractivity (Wildman–Crippen MR) is 118 cm³/mol. The van der Waals surface area contributed by atoms with Crippen LogP contribution in [0.25, 0.3) is 11.0 Å². The number of hydrogen-bond donors (Lipinski definition) is 1. The minimum absolute atomic E-state index is 0.159. The number of hydrogen-bond acceptors (Lipinski definition) is 6. The fourth-order valence-corrected chi connectivity index (χ4v) is 4.70. The molecule has 0 saturated heterocycles. The van der Waals surface area contributed by atoms with E-state index in [0.717, 1.165) is 5.75 Å². The van der Waals surface area contributed by atoms with Crippen LogP contribution in [-0.2, 0) is 21.4 Å². The molecule has 0 aliphatic rings. The first-order valence-electron chi connectivity index (χ1n) is 10.2. The Bertz CT molecular complexity index is 1140. The first-order valence-corrected chi connectivity index (χ1v) is 11.7. The van der Waals surface area contributed by atoms with Gasteiger partial charge in [-0.1, -0.05) is 19.1 Å². The van der Waals surface area contributed by atoms with E-state index in [0.29, 0.717) is 43.0 Å². The number of fused-ring (bicyclic) bond motifs is 1. The van der Waals surface area contributed by atoms with Gasteiger partial charge in [-0.2, -0.15) is 4.31 Å². The molecule has 0 aliphatic heterocycles. The highest BCUT2D eigenvalue weighted by Gasteiger charge is 2.22. The molecule has 2 aromatic carbocycles. The van der Waals surface area contributed by atoms with Crippen LogP contribution in [0.5, 0.6) is 5.75 Å². The van der Waals surface area contributed by atoms with E-state index in [9.17, 15) is 13.2 Å². The predicted octanol–water partition coefficient (Wildman–Crippen LogP) is 2.89. The highest BCUT2D eigenvalue weighted by Crippen LogP contribution is 2.21. The summed E-state index contributed by atoms with van der Waals surface area (Å²) in [5, 5.41) is 11.0. The van der Waals surface area contributed by atoms with Crippen molar-refractivity contribution in [2.75, 3.05) is 25.0 Å². The summed E-state index contributed by atoms with van der Waals surface area (Å²) in [7, 11) is -3.57. The van der Waals surface area contributed by atoms with Gasteiger partial charge in [-0.3, -0.25) is 4.79 Å². The molecule has 0 fully saturated rings. The number of benzene rings is 2. The van der Waals surface area contributed by atoms with Crippen LogP contribution < -0.4 is 10.1 Å². The second kappa shape index (κ2) is 9.88. The average molecular weight is 446 g/mol.